The van der Waals surface area contributed by atoms with E-state index in [2.05, 4.69) is 5.32 Å². The van der Waals surface area contributed by atoms with Crippen LogP contribution in [0.2, 0.25) is 10.0 Å². The average Bonchev–Trinajstić information content (AvgIpc) is 2.74. The summed E-state index contributed by atoms with van der Waals surface area (Å²) in [6.45, 7) is 0. The highest BCUT2D eigenvalue weighted by Gasteiger charge is 2.37. The van der Waals surface area contributed by atoms with Gasteiger partial charge in [-0.2, -0.15) is 0 Å². The Morgan fingerprint density at radius 3 is 2.30 bits per heavy atom. The Morgan fingerprint density at radius 2 is 1.65 bits per heavy atom. The van der Waals surface area contributed by atoms with Crippen molar-refractivity contribution in [2.24, 2.45) is 0 Å². The third-order valence-corrected chi connectivity index (χ3v) is 4.08. The van der Waals surface area contributed by atoms with Gasteiger partial charge >= 0.3 is 0 Å². The highest BCUT2D eigenvalue weighted by molar-refractivity contribution is 6.41. The number of hydrogen-bond acceptors (Lipinski definition) is 3. The standard InChI is InChI=1S/C17H12Cl2N2O2/c1-21-16(22)14(12-8-7-10(18)9-13(12)19)15(17(21)23)20-11-5-3-2-4-6-11/h2-9,20H,1H3. The number of carbonyl (C=O) groups excluding carboxylic acids is 2. The first-order valence-corrected chi connectivity index (χ1v) is 7.59. The van der Waals surface area contributed by atoms with E-state index in [0.717, 1.165) is 4.90 Å². The molecule has 4 nitrogen and oxygen atoms in total. The lowest BCUT2D eigenvalue weighted by molar-refractivity contribution is -0.135. The minimum Gasteiger partial charge on any atom is -0.350 e. The quantitative estimate of drug-likeness (QED) is 0.859. The van der Waals surface area contributed by atoms with E-state index in [9.17, 15) is 9.59 Å². The van der Waals surface area contributed by atoms with Gasteiger partial charge in [-0.05, 0) is 24.3 Å². The number of amides is 2. The second-order valence-corrected chi connectivity index (χ2v) is 5.88. The van der Waals surface area contributed by atoms with Gasteiger partial charge in [-0.1, -0.05) is 47.5 Å². The van der Waals surface area contributed by atoms with E-state index in [1.165, 1.54) is 7.05 Å². The third kappa shape index (κ3) is 2.83. The van der Waals surface area contributed by atoms with Crippen LogP contribution in [0.3, 0.4) is 0 Å². The van der Waals surface area contributed by atoms with E-state index in [1.807, 2.05) is 30.3 Å². The summed E-state index contributed by atoms with van der Waals surface area (Å²) in [4.78, 5) is 25.9. The van der Waals surface area contributed by atoms with E-state index in [4.69, 9.17) is 23.2 Å². The van der Waals surface area contributed by atoms with Gasteiger partial charge in [-0.25, -0.2) is 0 Å². The lowest BCUT2D eigenvalue weighted by Crippen LogP contribution is -2.27. The molecule has 0 aliphatic carbocycles. The maximum Gasteiger partial charge on any atom is 0.277 e. The topological polar surface area (TPSA) is 49.4 Å². The molecule has 0 saturated heterocycles. The van der Waals surface area contributed by atoms with Gasteiger partial charge in [0.2, 0.25) is 0 Å². The van der Waals surface area contributed by atoms with Gasteiger partial charge in [0.25, 0.3) is 11.8 Å². The van der Waals surface area contributed by atoms with Gasteiger partial charge in [-0.3, -0.25) is 14.5 Å². The Morgan fingerprint density at radius 1 is 0.957 bits per heavy atom. The Balaban J connectivity index is 2.14. The Kier molecular flexibility index (Phi) is 4.11. The Bertz CT molecular complexity index is 832. The highest BCUT2D eigenvalue weighted by atomic mass is 35.5. The van der Waals surface area contributed by atoms with Crippen molar-refractivity contribution in [2.75, 3.05) is 12.4 Å². The van der Waals surface area contributed by atoms with Gasteiger partial charge < -0.3 is 5.32 Å². The molecular weight excluding hydrogens is 335 g/mol. The first-order chi connectivity index (χ1) is 11.0. The fourth-order valence-corrected chi connectivity index (χ4v) is 2.87. The molecule has 0 saturated carbocycles. The first-order valence-electron chi connectivity index (χ1n) is 6.83. The zero-order valence-electron chi connectivity index (χ0n) is 12.1. The molecule has 1 aliphatic rings. The maximum atomic E-state index is 12.5. The number of nitrogens with one attached hydrogen (secondary N) is 1. The van der Waals surface area contributed by atoms with E-state index in [-0.39, 0.29) is 11.3 Å². The molecule has 2 aromatic rings. The van der Waals surface area contributed by atoms with Crippen LogP contribution in [0, 0.1) is 0 Å². The van der Waals surface area contributed by atoms with Crippen molar-refractivity contribution in [3.8, 4) is 0 Å². The van der Waals surface area contributed by atoms with Crippen molar-refractivity contribution in [1.29, 1.82) is 0 Å². The molecule has 0 radical (unpaired) electrons. The molecule has 0 fully saturated rings. The van der Waals surface area contributed by atoms with Crippen LogP contribution in [0.4, 0.5) is 5.69 Å². The second kappa shape index (κ2) is 6.07. The van der Waals surface area contributed by atoms with E-state index in [0.29, 0.717) is 21.3 Å². The Hall–Kier alpha value is -2.30. The van der Waals surface area contributed by atoms with Gasteiger partial charge in [-0.15, -0.1) is 0 Å². The fourth-order valence-electron chi connectivity index (χ4n) is 2.37. The zero-order chi connectivity index (χ0) is 16.6. The third-order valence-electron chi connectivity index (χ3n) is 3.53. The molecule has 1 heterocycles. The van der Waals surface area contributed by atoms with Crippen LogP contribution in [-0.2, 0) is 9.59 Å². The van der Waals surface area contributed by atoms with Crippen molar-refractivity contribution in [2.45, 2.75) is 0 Å². The molecule has 0 unspecified atom stereocenters. The predicted octanol–water partition coefficient (Wildman–Crippen LogP) is 3.82. The van der Waals surface area contributed by atoms with Crippen LogP contribution in [0.5, 0.6) is 0 Å². The smallest absolute Gasteiger partial charge is 0.277 e. The van der Waals surface area contributed by atoms with Crippen molar-refractivity contribution >= 4 is 46.3 Å². The summed E-state index contributed by atoms with van der Waals surface area (Å²) in [7, 11) is 1.44. The number of para-hydroxylation sites is 1. The molecule has 2 amide bonds. The molecule has 1 N–H and O–H groups in total. The van der Waals surface area contributed by atoms with Crippen LogP contribution >= 0.6 is 23.2 Å². The molecule has 0 atom stereocenters. The molecule has 23 heavy (non-hydrogen) atoms. The number of anilines is 1. The van der Waals surface area contributed by atoms with Gasteiger partial charge in [0.05, 0.1) is 10.6 Å². The van der Waals surface area contributed by atoms with Crippen LogP contribution < -0.4 is 5.32 Å². The average molecular weight is 347 g/mol. The number of carbonyl (C=O) groups is 2. The molecule has 2 aromatic carbocycles. The number of hydrogen-bond donors (Lipinski definition) is 1. The van der Waals surface area contributed by atoms with Crippen molar-refractivity contribution in [3.63, 3.8) is 0 Å². The lowest BCUT2D eigenvalue weighted by atomic mass is 10.0. The SMILES string of the molecule is CN1C(=O)C(Nc2ccccc2)=C(c2ccc(Cl)cc2Cl)C1=O. The molecule has 0 aromatic heterocycles. The number of imide groups is 1. The summed E-state index contributed by atoms with van der Waals surface area (Å²) in [5, 5.41) is 3.79. The van der Waals surface area contributed by atoms with Gasteiger partial charge in [0.15, 0.2) is 0 Å². The summed E-state index contributed by atoms with van der Waals surface area (Å²) in [5.74, 6) is -0.808. The molecule has 116 valence electrons. The summed E-state index contributed by atoms with van der Waals surface area (Å²) in [6.07, 6.45) is 0. The molecule has 0 spiro atoms. The molecule has 0 bridgehead atoms. The second-order valence-electron chi connectivity index (χ2n) is 5.03. The van der Waals surface area contributed by atoms with Gasteiger partial charge in [0.1, 0.15) is 5.70 Å². The minimum atomic E-state index is -0.405. The van der Waals surface area contributed by atoms with Crippen molar-refractivity contribution in [3.05, 3.63) is 69.8 Å². The number of likely N-dealkylation sites (N-methyl/N-ethyl adjacent to an activating group) is 1. The minimum absolute atomic E-state index is 0.202. The monoisotopic (exact) mass is 346 g/mol. The van der Waals surface area contributed by atoms with Crippen LogP contribution in [-0.4, -0.2) is 23.8 Å². The normalized spacial score (nSPS) is 14.7. The number of nitrogens with zero attached hydrogens (tertiary/aromatic N) is 1. The predicted molar refractivity (Wildman–Crippen MR) is 91.2 cm³/mol. The van der Waals surface area contributed by atoms with Crippen molar-refractivity contribution in [1.82, 2.24) is 4.90 Å². The van der Waals surface area contributed by atoms with Crippen molar-refractivity contribution < 1.29 is 9.59 Å². The van der Waals surface area contributed by atoms with Crippen LogP contribution in [0.1, 0.15) is 5.56 Å². The summed E-state index contributed by atoms with van der Waals surface area (Å²) in [5.41, 5.74) is 1.62. The van der Waals surface area contributed by atoms with E-state index < -0.39 is 11.8 Å². The molecule has 6 heteroatoms. The Labute approximate surface area is 143 Å². The van der Waals surface area contributed by atoms with E-state index in [1.54, 1.807) is 18.2 Å². The van der Waals surface area contributed by atoms with Crippen LogP contribution in [0.25, 0.3) is 5.57 Å². The summed E-state index contributed by atoms with van der Waals surface area (Å²) in [6, 6.07) is 14.0. The van der Waals surface area contributed by atoms with E-state index >= 15 is 0 Å². The number of rotatable bonds is 3. The maximum absolute atomic E-state index is 12.5. The molecule has 1 aliphatic heterocycles. The molecular formula is C17H12Cl2N2O2. The first kappa shape index (κ1) is 15.6. The summed E-state index contributed by atoms with van der Waals surface area (Å²) < 4.78 is 0. The largest absolute Gasteiger partial charge is 0.350 e. The number of benzene rings is 2. The van der Waals surface area contributed by atoms with Gasteiger partial charge in [0, 0.05) is 23.3 Å². The molecule has 3 rings (SSSR count). The zero-order valence-corrected chi connectivity index (χ0v) is 13.7. The lowest BCUT2D eigenvalue weighted by Gasteiger charge is -2.09. The van der Waals surface area contributed by atoms with Crippen LogP contribution in [0.15, 0.2) is 54.2 Å². The number of halogens is 2. The summed E-state index contributed by atoms with van der Waals surface area (Å²) >= 11 is 12.1. The fraction of sp³-hybridized carbons (Fsp3) is 0.0588. The highest BCUT2D eigenvalue weighted by Crippen LogP contribution is 2.34.